The quantitative estimate of drug-likeness (QED) is 0.576. The Morgan fingerprint density at radius 2 is 1.87 bits per heavy atom. The van der Waals surface area contributed by atoms with Crippen LogP contribution < -0.4 is 16.0 Å². The molecular formula is C17H28N4O2. The minimum Gasteiger partial charge on any atom is -0.355 e. The molecule has 23 heavy (non-hydrogen) atoms. The van der Waals surface area contributed by atoms with E-state index in [1.165, 1.54) is 0 Å². The fourth-order valence-electron chi connectivity index (χ4n) is 2.01. The molecule has 0 saturated carbocycles. The maximum atomic E-state index is 11.8. The van der Waals surface area contributed by atoms with E-state index in [4.69, 9.17) is 0 Å². The first-order chi connectivity index (χ1) is 11.0. The molecule has 6 heteroatoms. The molecular weight excluding hydrogens is 292 g/mol. The number of aromatic nitrogens is 1. The highest BCUT2D eigenvalue weighted by atomic mass is 16.2. The summed E-state index contributed by atoms with van der Waals surface area (Å²) in [5.41, 5.74) is 1.69. The molecule has 0 aliphatic rings. The van der Waals surface area contributed by atoms with Gasteiger partial charge in [0.25, 0.3) is 0 Å². The van der Waals surface area contributed by atoms with E-state index in [9.17, 15) is 9.59 Å². The van der Waals surface area contributed by atoms with E-state index >= 15 is 0 Å². The zero-order valence-corrected chi connectivity index (χ0v) is 14.3. The van der Waals surface area contributed by atoms with Gasteiger partial charge in [0, 0.05) is 31.6 Å². The van der Waals surface area contributed by atoms with Crippen LogP contribution in [-0.4, -0.2) is 36.4 Å². The molecule has 0 bridgehead atoms. The number of likely N-dealkylation sites (N-methyl/N-ethyl adjacent to an activating group) is 1. The Morgan fingerprint density at radius 1 is 1.13 bits per heavy atom. The van der Waals surface area contributed by atoms with Gasteiger partial charge in [0.2, 0.25) is 11.8 Å². The molecule has 128 valence electrons. The monoisotopic (exact) mass is 320 g/mol. The highest BCUT2D eigenvalue weighted by molar-refractivity contribution is 5.90. The largest absolute Gasteiger partial charge is 0.355 e. The Morgan fingerprint density at radius 3 is 2.48 bits per heavy atom. The van der Waals surface area contributed by atoms with Crippen molar-refractivity contribution in [2.45, 2.75) is 46.0 Å². The van der Waals surface area contributed by atoms with Crippen LogP contribution in [0.3, 0.4) is 0 Å². The highest BCUT2D eigenvalue weighted by Crippen LogP contribution is 2.14. The van der Waals surface area contributed by atoms with Gasteiger partial charge in [-0.25, -0.2) is 0 Å². The SMILES string of the molecule is CCNCCNC(=O)CCCC(=O)Nc1ccc(C(C)C)nc1. The number of nitrogens with one attached hydrogen (secondary N) is 3. The Labute approximate surface area is 138 Å². The lowest BCUT2D eigenvalue weighted by molar-refractivity contribution is -0.121. The average Bonchev–Trinajstić information content (AvgIpc) is 2.52. The second-order valence-electron chi connectivity index (χ2n) is 5.73. The lowest BCUT2D eigenvalue weighted by atomic mass is 10.1. The zero-order valence-electron chi connectivity index (χ0n) is 14.3. The predicted octanol–water partition coefficient (Wildman–Crippen LogP) is 2.04. The number of nitrogens with zero attached hydrogens (tertiary/aromatic N) is 1. The molecule has 0 saturated heterocycles. The summed E-state index contributed by atoms with van der Waals surface area (Å²) in [6.45, 7) is 8.44. The summed E-state index contributed by atoms with van der Waals surface area (Å²) in [7, 11) is 0. The molecule has 1 aromatic rings. The Kier molecular flexibility index (Phi) is 8.90. The first-order valence-electron chi connectivity index (χ1n) is 8.26. The van der Waals surface area contributed by atoms with Crippen molar-refractivity contribution in [3.8, 4) is 0 Å². The van der Waals surface area contributed by atoms with E-state index in [1.54, 1.807) is 6.20 Å². The van der Waals surface area contributed by atoms with E-state index in [2.05, 4.69) is 34.8 Å². The first kappa shape index (κ1) is 19.1. The number of amides is 2. The summed E-state index contributed by atoms with van der Waals surface area (Å²) in [6, 6.07) is 3.77. The van der Waals surface area contributed by atoms with Gasteiger partial charge in [-0.1, -0.05) is 20.8 Å². The number of hydrogen-bond acceptors (Lipinski definition) is 4. The predicted molar refractivity (Wildman–Crippen MR) is 92.4 cm³/mol. The minimum atomic E-state index is -0.0930. The van der Waals surface area contributed by atoms with Crippen LogP contribution >= 0.6 is 0 Å². The van der Waals surface area contributed by atoms with Gasteiger partial charge < -0.3 is 16.0 Å². The number of hydrogen-bond donors (Lipinski definition) is 3. The third-order valence-corrected chi connectivity index (χ3v) is 3.34. The smallest absolute Gasteiger partial charge is 0.224 e. The topological polar surface area (TPSA) is 83.1 Å². The number of carbonyl (C=O) groups is 2. The fourth-order valence-corrected chi connectivity index (χ4v) is 2.01. The third kappa shape index (κ3) is 8.30. The van der Waals surface area contributed by atoms with Crippen LogP contribution in [-0.2, 0) is 9.59 Å². The Hall–Kier alpha value is -1.95. The normalized spacial score (nSPS) is 10.6. The molecule has 2 amide bonds. The summed E-state index contributed by atoms with van der Waals surface area (Å²) in [5, 5.41) is 8.74. The lowest BCUT2D eigenvalue weighted by Crippen LogP contribution is -2.31. The fraction of sp³-hybridized carbons (Fsp3) is 0.588. The van der Waals surface area contributed by atoms with Gasteiger partial charge in [-0.2, -0.15) is 0 Å². The third-order valence-electron chi connectivity index (χ3n) is 3.34. The zero-order chi connectivity index (χ0) is 17.1. The summed E-state index contributed by atoms with van der Waals surface area (Å²) < 4.78 is 0. The number of pyridine rings is 1. The van der Waals surface area contributed by atoms with Gasteiger partial charge in [-0.3, -0.25) is 14.6 Å². The van der Waals surface area contributed by atoms with Crippen molar-refractivity contribution in [3.05, 3.63) is 24.0 Å². The van der Waals surface area contributed by atoms with Crippen molar-refractivity contribution < 1.29 is 9.59 Å². The molecule has 1 rings (SSSR count). The molecule has 0 atom stereocenters. The molecule has 3 N–H and O–H groups in total. The summed E-state index contributed by atoms with van der Waals surface area (Å²) >= 11 is 0. The molecule has 6 nitrogen and oxygen atoms in total. The van der Waals surface area contributed by atoms with E-state index in [1.807, 2.05) is 19.1 Å². The summed E-state index contributed by atoms with van der Waals surface area (Å²) in [5.74, 6) is 0.258. The summed E-state index contributed by atoms with van der Waals surface area (Å²) in [4.78, 5) is 27.7. The van der Waals surface area contributed by atoms with Gasteiger partial charge in [0.1, 0.15) is 0 Å². The first-order valence-corrected chi connectivity index (χ1v) is 8.26. The van der Waals surface area contributed by atoms with Crippen LogP contribution in [0.25, 0.3) is 0 Å². The van der Waals surface area contributed by atoms with Gasteiger partial charge in [-0.15, -0.1) is 0 Å². The van der Waals surface area contributed by atoms with E-state index < -0.39 is 0 Å². The molecule has 1 aromatic heterocycles. The van der Waals surface area contributed by atoms with Crippen LogP contribution in [0, 0.1) is 0 Å². The maximum Gasteiger partial charge on any atom is 0.224 e. The number of carbonyl (C=O) groups excluding carboxylic acids is 2. The van der Waals surface area contributed by atoms with E-state index in [-0.39, 0.29) is 11.8 Å². The van der Waals surface area contributed by atoms with Crippen molar-refractivity contribution in [2.75, 3.05) is 25.0 Å². The van der Waals surface area contributed by atoms with Crippen molar-refractivity contribution in [1.82, 2.24) is 15.6 Å². The molecule has 0 aliphatic heterocycles. The van der Waals surface area contributed by atoms with Gasteiger partial charge >= 0.3 is 0 Å². The average molecular weight is 320 g/mol. The molecule has 0 aliphatic carbocycles. The van der Waals surface area contributed by atoms with Crippen molar-refractivity contribution in [2.24, 2.45) is 0 Å². The van der Waals surface area contributed by atoms with Crippen molar-refractivity contribution in [3.63, 3.8) is 0 Å². The molecule has 0 unspecified atom stereocenters. The lowest BCUT2D eigenvalue weighted by Gasteiger charge is -2.08. The van der Waals surface area contributed by atoms with Gasteiger partial charge in [0.15, 0.2) is 0 Å². The van der Waals surface area contributed by atoms with Crippen molar-refractivity contribution >= 4 is 17.5 Å². The van der Waals surface area contributed by atoms with Crippen LogP contribution in [0.5, 0.6) is 0 Å². The molecule has 0 spiro atoms. The Bertz CT molecular complexity index is 486. The molecule has 0 radical (unpaired) electrons. The molecule has 1 heterocycles. The standard InChI is InChI=1S/C17H28N4O2/c1-4-18-10-11-19-16(22)6-5-7-17(23)21-14-8-9-15(13(2)3)20-12-14/h8-9,12-13,18H,4-7,10-11H2,1-3H3,(H,19,22)(H,21,23). The van der Waals surface area contributed by atoms with Crippen LogP contribution in [0.2, 0.25) is 0 Å². The highest BCUT2D eigenvalue weighted by Gasteiger charge is 2.06. The van der Waals surface area contributed by atoms with Crippen LogP contribution in [0.15, 0.2) is 18.3 Å². The van der Waals surface area contributed by atoms with E-state index in [0.29, 0.717) is 37.4 Å². The second kappa shape index (κ2) is 10.7. The molecule has 0 aromatic carbocycles. The number of rotatable bonds is 10. The van der Waals surface area contributed by atoms with Gasteiger partial charge in [-0.05, 0) is 31.0 Å². The Balaban J connectivity index is 2.20. The van der Waals surface area contributed by atoms with E-state index in [0.717, 1.165) is 18.8 Å². The van der Waals surface area contributed by atoms with Crippen LogP contribution in [0.4, 0.5) is 5.69 Å². The second-order valence-corrected chi connectivity index (χ2v) is 5.73. The number of anilines is 1. The van der Waals surface area contributed by atoms with Gasteiger partial charge in [0.05, 0.1) is 11.9 Å². The summed E-state index contributed by atoms with van der Waals surface area (Å²) in [6.07, 6.45) is 2.90. The van der Waals surface area contributed by atoms with Crippen LogP contribution in [0.1, 0.15) is 51.6 Å². The molecule has 0 fully saturated rings. The minimum absolute atomic E-state index is 0.0151. The maximum absolute atomic E-state index is 11.8. The van der Waals surface area contributed by atoms with Crippen molar-refractivity contribution in [1.29, 1.82) is 0 Å².